The van der Waals surface area contributed by atoms with Crippen molar-refractivity contribution in [2.45, 2.75) is 0 Å². The van der Waals surface area contributed by atoms with Gasteiger partial charge in [-0.15, -0.1) is 0 Å². The quantitative estimate of drug-likeness (QED) is 0.0748. The first-order chi connectivity index (χ1) is 43.1. The highest BCUT2D eigenvalue weighted by molar-refractivity contribution is 5.87. The van der Waals surface area contributed by atoms with Gasteiger partial charge in [-0.2, -0.15) is 0 Å². The van der Waals surface area contributed by atoms with Gasteiger partial charge in [-0.3, -0.25) is 0 Å². The average molecular weight is 1120 g/mol. The van der Waals surface area contributed by atoms with Gasteiger partial charge in [0.05, 0.1) is 0 Å². The number of para-hydroxylation sites is 5. The normalized spacial score (nSPS) is 11.1. The van der Waals surface area contributed by atoms with E-state index in [0.717, 1.165) is 96.4 Å². The topological polar surface area (TPSA) is 16.2 Å². The van der Waals surface area contributed by atoms with Crippen LogP contribution in [0, 0.1) is 0 Å². The average Bonchev–Trinajstić information content (AvgIpc) is 3.76. The lowest BCUT2D eigenvalue weighted by Crippen LogP contribution is -2.13. The van der Waals surface area contributed by atoms with Crippen LogP contribution in [0.3, 0.4) is 0 Å². The van der Waals surface area contributed by atoms with Crippen molar-refractivity contribution in [2.75, 3.05) is 24.5 Å². The summed E-state index contributed by atoms with van der Waals surface area (Å²) >= 11 is 0. The Morgan fingerprint density at radius 3 is 0.391 bits per heavy atom. The second-order valence-corrected chi connectivity index (χ2v) is 21.1. The van der Waals surface area contributed by atoms with Crippen molar-refractivity contribution in [2.24, 2.45) is 0 Å². The summed E-state index contributed by atoms with van der Waals surface area (Å²) < 4.78 is 0. The van der Waals surface area contributed by atoms with E-state index in [1.165, 1.54) is 11.1 Å². The Balaban J connectivity index is 0.785. The molecule has 0 aliphatic rings. The van der Waals surface area contributed by atoms with Gasteiger partial charge >= 0.3 is 0 Å². The lowest BCUT2D eigenvalue weighted by molar-refractivity contribution is 1.24. The SMILES string of the molecule is C(=Cc1ccc(N(c2ccccc2)c2ccc(N(c3ccccc3)c3ccc(N(c4ccccc4)c4ccc(N(c5ccccc5)c5ccc(N(c6ccccc6)c6ccc(C=Cc7ccccc7)cc6)cc5)cc4)cc3)cc2)cc1)c1ccccc1. The van der Waals surface area contributed by atoms with Crippen LogP contribution >= 0.6 is 0 Å². The van der Waals surface area contributed by atoms with Crippen LogP contribution in [0.1, 0.15) is 22.3 Å². The molecule has 13 rings (SSSR count). The molecule has 87 heavy (non-hydrogen) atoms. The van der Waals surface area contributed by atoms with Crippen LogP contribution in [0.25, 0.3) is 24.3 Å². The van der Waals surface area contributed by atoms with E-state index in [0.29, 0.717) is 0 Å². The molecule has 13 aromatic carbocycles. The highest BCUT2D eigenvalue weighted by atomic mass is 15.2. The number of hydrogen-bond acceptors (Lipinski definition) is 5. The standard InChI is InChI=1S/C82H63N5/c1-8-22-64(23-9-1)36-38-66-40-44-73(45-41-66)83(68-26-12-3-13-27-68)75-48-52-77(53-49-75)85(70-30-16-5-17-31-70)79-56-60-81(61-57-79)87(72-34-20-7-21-35-72)82-62-58-80(59-63-82)86(71-32-18-6-19-33-71)78-54-50-76(51-55-78)84(69-28-14-4-15-29-69)74-46-42-67(43-47-74)39-37-65-24-10-2-11-25-65/h1-63H. The molecule has 0 fully saturated rings. The van der Waals surface area contributed by atoms with E-state index in [2.05, 4.69) is 395 Å². The molecule has 0 amide bonds. The van der Waals surface area contributed by atoms with Gasteiger partial charge in [0.25, 0.3) is 0 Å². The van der Waals surface area contributed by atoms with Crippen LogP contribution in [-0.4, -0.2) is 0 Å². The van der Waals surface area contributed by atoms with Gasteiger partial charge in [0.2, 0.25) is 0 Å². The van der Waals surface area contributed by atoms with Gasteiger partial charge in [-0.25, -0.2) is 0 Å². The molecule has 0 unspecified atom stereocenters. The molecule has 0 aliphatic heterocycles. The molecule has 0 atom stereocenters. The molecule has 0 spiro atoms. The molecule has 0 saturated heterocycles. The Morgan fingerprint density at radius 2 is 0.230 bits per heavy atom. The van der Waals surface area contributed by atoms with Crippen LogP contribution in [0.4, 0.5) is 85.3 Å². The van der Waals surface area contributed by atoms with Gasteiger partial charge < -0.3 is 24.5 Å². The fourth-order valence-corrected chi connectivity index (χ4v) is 11.1. The maximum Gasteiger partial charge on any atom is 0.0463 e. The molecule has 5 nitrogen and oxygen atoms in total. The Kier molecular flexibility index (Phi) is 16.5. The van der Waals surface area contributed by atoms with Crippen LogP contribution in [-0.2, 0) is 0 Å². The fourth-order valence-electron chi connectivity index (χ4n) is 11.1. The number of rotatable bonds is 19. The summed E-state index contributed by atoms with van der Waals surface area (Å²) in [5, 5.41) is 0. The lowest BCUT2D eigenvalue weighted by atomic mass is 10.1. The first-order valence-electron chi connectivity index (χ1n) is 29.5. The van der Waals surface area contributed by atoms with Gasteiger partial charge in [0.15, 0.2) is 0 Å². The van der Waals surface area contributed by atoms with Crippen LogP contribution in [0.5, 0.6) is 0 Å². The van der Waals surface area contributed by atoms with Crippen LogP contribution < -0.4 is 24.5 Å². The number of benzene rings is 13. The lowest BCUT2D eigenvalue weighted by Gasteiger charge is -2.30. The summed E-state index contributed by atoms with van der Waals surface area (Å²) in [6.07, 6.45) is 8.63. The molecule has 0 heterocycles. The second-order valence-electron chi connectivity index (χ2n) is 21.1. The van der Waals surface area contributed by atoms with Crippen LogP contribution in [0.2, 0.25) is 0 Å². The van der Waals surface area contributed by atoms with Gasteiger partial charge in [-0.1, -0.05) is 200 Å². The molecular formula is C82H63N5. The third-order valence-electron chi connectivity index (χ3n) is 15.4. The first-order valence-corrected chi connectivity index (χ1v) is 29.5. The zero-order valence-corrected chi connectivity index (χ0v) is 48.1. The molecule has 416 valence electrons. The van der Waals surface area contributed by atoms with Gasteiger partial charge in [-0.05, 0) is 204 Å². The van der Waals surface area contributed by atoms with E-state index < -0.39 is 0 Å². The Labute approximate surface area is 511 Å². The van der Waals surface area contributed by atoms with Crippen LogP contribution in [0.15, 0.2) is 358 Å². The highest BCUT2D eigenvalue weighted by Crippen LogP contribution is 2.44. The largest absolute Gasteiger partial charge is 0.311 e. The summed E-state index contributed by atoms with van der Waals surface area (Å²) in [5.74, 6) is 0. The van der Waals surface area contributed by atoms with E-state index in [1.807, 2.05) is 12.1 Å². The third kappa shape index (κ3) is 12.8. The van der Waals surface area contributed by atoms with E-state index in [-0.39, 0.29) is 0 Å². The van der Waals surface area contributed by atoms with Crippen molar-refractivity contribution < 1.29 is 0 Å². The van der Waals surface area contributed by atoms with Crippen molar-refractivity contribution in [1.82, 2.24) is 0 Å². The summed E-state index contributed by atoms with van der Waals surface area (Å²) in [5.41, 5.74) is 20.5. The molecule has 0 saturated carbocycles. The van der Waals surface area contributed by atoms with Crippen molar-refractivity contribution in [3.8, 4) is 0 Å². The Hall–Kier alpha value is -11.7. The maximum absolute atomic E-state index is 2.32. The summed E-state index contributed by atoms with van der Waals surface area (Å²) in [6.45, 7) is 0. The number of nitrogens with zero attached hydrogens (tertiary/aromatic N) is 5. The van der Waals surface area contributed by atoms with Crippen molar-refractivity contribution in [3.05, 3.63) is 380 Å². The second kappa shape index (κ2) is 26.3. The highest BCUT2D eigenvalue weighted by Gasteiger charge is 2.21. The molecular weight excluding hydrogens is 1050 g/mol. The van der Waals surface area contributed by atoms with Crippen molar-refractivity contribution >= 4 is 110 Å². The summed E-state index contributed by atoms with van der Waals surface area (Å²) in [7, 11) is 0. The molecule has 0 N–H and O–H groups in total. The van der Waals surface area contributed by atoms with E-state index in [9.17, 15) is 0 Å². The zero-order chi connectivity index (χ0) is 58.4. The molecule has 0 radical (unpaired) electrons. The van der Waals surface area contributed by atoms with E-state index in [1.54, 1.807) is 0 Å². The van der Waals surface area contributed by atoms with E-state index >= 15 is 0 Å². The van der Waals surface area contributed by atoms with Crippen molar-refractivity contribution in [3.63, 3.8) is 0 Å². The number of hydrogen-bond donors (Lipinski definition) is 0. The smallest absolute Gasteiger partial charge is 0.0463 e. The molecule has 0 aromatic heterocycles. The minimum Gasteiger partial charge on any atom is -0.311 e. The van der Waals surface area contributed by atoms with Gasteiger partial charge in [0.1, 0.15) is 0 Å². The molecule has 0 aliphatic carbocycles. The number of anilines is 15. The van der Waals surface area contributed by atoms with E-state index in [4.69, 9.17) is 0 Å². The fraction of sp³-hybridized carbons (Fsp3) is 0. The Bertz CT molecular complexity index is 4030. The maximum atomic E-state index is 2.32. The zero-order valence-electron chi connectivity index (χ0n) is 48.1. The minimum absolute atomic E-state index is 1.04. The molecule has 0 bridgehead atoms. The summed E-state index contributed by atoms with van der Waals surface area (Å²) in [4.78, 5) is 11.6. The minimum atomic E-state index is 1.04. The molecule has 13 aromatic rings. The van der Waals surface area contributed by atoms with Gasteiger partial charge in [0, 0.05) is 85.3 Å². The predicted octanol–water partition coefficient (Wildman–Crippen LogP) is 23.4. The molecule has 5 heteroatoms. The first kappa shape index (κ1) is 54.6. The predicted molar refractivity (Wildman–Crippen MR) is 371 cm³/mol. The third-order valence-corrected chi connectivity index (χ3v) is 15.4. The summed E-state index contributed by atoms with van der Waals surface area (Å²) in [6, 6.07) is 127. The van der Waals surface area contributed by atoms with Crippen molar-refractivity contribution in [1.29, 1.82) is 0 Å². The monoisotopic (exact) mass is 1120 g/mol. The Morgan fingerprint density at radius 1 is 0.115 bits per heavy atom.